The lowest BCUT2D eigenvalue weighted by Gasteiger charge is -2.35. The van der Waals surface area contributed by atoms with Crippen molar-refractivity contribution < 1.29 is 9.90 Å². The Morgan fingerprint density at radius 3 is 2.77 bits per heavy atom. The van der Waals surface area contributed by atoms with Crippen LogP contribution in [0.4, 0.5) is 11.5 Å². The van der Waals surface area contributed by atoms with Crippen molar-refractivity contribution in [2.75, 3.05) is 49.9 Å². The maximum Gasteiger partial charge on any atom is 0.253 e. The molecule has 0 saturated carbocycles. The van der Waals surface area contributed by atoms with E-state index in [1.807, 2.05) is 0 Å². The van der Waals surface area contributed by atoms with Crippen LogP contribution in [0.2, 0.25) is 0 Å². The SMILES string of the molecule is Nc1ccc(O)cc1C(=O)NCCCCN1CCN(c2nsc3ccccc23)CC1. The van der Waals surface area contributed by atoms with Gasteiger partial charge in [0.25, 0.3) is 5.91 Å². The number of carbonyl (C=O) groups excluding carboxylic acids is 1. The first-order valence-corrected chi connectivity index (χ1v) is 11.1. The third kappa shape index (κ3) is 4.66. The summed E-state index contributed by atoms with van der Waals surface area (Å²) in [5.41, 5.74) is 6.50. The molecule has 0 spiro atoms. The van der Waals surface area contributed by atoms with Crippen molar-refractivity contribution >= 4 is 39.0 Å². The predicted molar refractivity (Wildman–Crippen MR) is 122 cm³/mol. The molecule has 7 nitrogen and oxygen atoms in total. The first-order chi connectivity index (χ1) is 14.6. The average Bonchev–Trinajstić information content (AvgIpc) is 3.20. The summed E-state index contributed by atoms with van der Waals surface area (Å²) < 4.78 is 5.91. The van der Waals surface area contributed by atoms with E-state index in [1.165, 1.54) is 28.3 Å². The molecule has 3 aromatic rings. The maximum absolute atomic E-state index is 12.2. The quantitative estimate of drug-likeness (QED) is 0.306. The van der Waals surface area contributed by atoms with Crippen LogP contribution < -0.4 is 16.0 Å². The molecule has 1 aliphatic heterocycles. The Balaban J connectivity index is 1.17. The topological polar surface area (TPSA) is 94.7 Å². The second kappa shape index (κ2) is 9.32. The fourth-order valence-electron chi connectivity index (χ4n) is 3.78. The molecule has 0 aliphatic carbocycles. The van der Waals surface area contributed by atoms with Crippen molar-refractivity contribution in [3.05, 3.63) is 48.0 Å². The van der Waals surface area contributed by atoms with Crippen molar-refractivity contribution in [1.82, 2.24) is 14.6 Å². The molecule has 1 saturated heterocycles. The fraction of sp³-hybridized carbons (Fsp3) is 0.364. The van der Waals surface area contributed by atoms with Crippen LogP contribution in [-0.2, 0) is 0 Å². The summed E-state index contributed by atoms with van der Waals surface area (Å²) in [6.07, 6.45) is 1.93. The summed E-state index contributed by atoms with van der Waals surface area (Å²) in [5, 5.41) is 13.7. The fourth-order valence-corrected chi connectivity index (χ4v) is 4.58. The number of nitrogens with zero attached hydrogens (tertiary/aromatic N) is 3. The van der Waals surface area contributed by atoms with Crippen molar-refractivity contribution in [2.24, 2.45) is 0 Å². The summed E-state index contributed by atoms with van der Waals surface area (Å²) in [7, 11) is 0. The van der Waals surface area contributed by atoms with E-state index in [0.717, 1.165) is 51.4 Å². The molecule has 0 radical (unpaired) electrons. The number of amides is 1. The number of carbonyl (C=O) groups is 1. The van der Waals surface area contributed by atoms with E-state index in [2.05, 4.69) is 43.8 Å². The van der Waals surface area contributed by atoms with Crippen LogP contribution in [0.25, 0.3) is 10.1 Å². The molecule has 8 heteroatoms. The standard InChI is InChI=1S/C22H27N5O2S/c23-19-8-7-16(28)15-18(19)22(29)24-9-3-4-10-26-11-13-27(14-12-26)21-17-5-1-2-6-20(17)30-25-21/h1-2,5-8,15,28H,3-4,9-14,23H2,(H,24,29). The molecular weight excluding hydrogens is 398 g/mol. The zero-order chi connectivity index (χ0) is 20.9. The number of benzene rings is 2. The zero-order valence-corrected chi connectivity index (χ0v) is 17.7. The largest absolute Gasteiger partial charge is 0.508 e. The molecule has 4 rings (SSSR count). The molecule has 158 valence electrons. The van der Waals surface area contributed by atoms with E-state index in [-0.39, 0.29) is 11.7 Å². The highest BCUT2D eigenvalue weighted by atomic mass is 32.1. The Morgan fingerprint density at radius 2 is 1.93 bits per heavy atom. The highest BCUT2D eigenvalue weighted by Gasteiger charge is 2.20. The van der Waals surface area contributed by atoms with Crippen molar-refractivity contribution in [3.63, 3.8) is 0 Å². The third-order valence-electron chi connectivity index (χ3n) is 5.50. The molecule has 2 heterocycles. The lowest BCUT2D eigenvalue weighted by Crippen LogP contribution is -2.46. The highest BCUT2D eigenvalue weighted by molar-refractivity contribution is 7.13. The molecule has 0 unspecified atom stereocenters. The number of hydrogen-bond acceptors (Lipinski definition) is 7. The van der Waals surface area contributed by atoms with Gasteiger partial charge < -0.3 is 21.1 Å². The number of aromatic nitrogens is 1. The van der Waals surface area contributed by atoms with E-state index < -0.39 is 0 Å². The van der Waals surface area contributed by atoms with Gasteiger partial charge in [-0.1, -0.05) is 12.1 Å². The lowest BCUT2D eigenvalue weighted by atomic mass is 10.1. The van der Waals surface area contributed by atoms with Gasteiger partial charge in [0.2, 0.25) is 0 Å². The van der Waals surface area contributed by atoms with Gasteiger partial charge in [0, 0.05) is 43.8 Å². The van der Waals surface area contributed by atoms with Gasteiger partial charge in [0.15, 0.2) is 0 Å². The van der Waals surface area contributed by atoms with Crippen molar-refractivity contribution in [1.29, 1.82) is 0 Å². The second-order valence-corrected chi connectivity index (χ2v) is 8.37. The van der Waals surface area contributed by atoms with Gasteiger partial charge in [0.1, 0.15) is 11.6 Å². The summed E-state index contributed by atoms with van der Waals surface area (Å²) >= 11 is 1.57. The molecule has 0 bridgehead atoms. The minimum atomic E-state index is -0.243. The predicted octanol–water partition coefficient (Wildman–Crippen LogP) is 2.92. The van der Waals surface area contributed by atoms with Crippen LogP contribution >= 0.6 is 11.5 Å². The molecule has 1 fully saturated rings. The molecule has 1 amide bonds. The number of unbranched alkanes of at least 4 members (excludes halogenated alkanes) is 1. The third-order valence-corrected chi connectivity index (χ3v) is 6.32. The highest BCUT2D eigenvalue weighted by Crippen LogP contribution is 2.29. The van der Waals surface area contributed by atoms with E-state index in [9.17, 15) is 9.90 Å². The minimum Gasteiger partial charge on any atom is -0.508 e. The normalized spacial score (nSPS) is 14.9. The summed E-state index contributed by atoms with van der Waals surface area (Å²) in [6, 6.07) is 12.8. The Hall–Kier alpha value is -2.84. The van der Waals surface area contributed by atoms with Crippen LogP contribution in [-0.4, -0.2) is 59.6 Å². The lowest BCUT2D eigenvalue weighted by molar-refractivity contribution is 0.0953. The van der Waals surface area contributed by atoms with Gasteiger partial charge in [0.05, 0.1) is 10.3 Å². The summed E-state index contributed by atoms with van der Waals surface area (Å²) in [5.74, 6) is 0.913. The monoisotopic (exact) mass is 425 g/mol. The number of fused-ring (bicyclic) bond motifs is 1. The summed E-state index contributed by atoms with van der Waals surface area (Å²) in [4.78, 5) is 17.1. The zero-order valence-electron chi connectivity index (χ0n) is 16.9. The Morgan fingerprint density at radius 1 is 1.13 bits per heavy atom. The van der Waals surface area contributed by atoms with Gasteiger partial charge in [-0.15, -0.1) is 0 Å². The average molecular weight is 426 g/mol. The van der Waals surface area contributed by atoms with Gasteiger partial charge in [-0.25, -0.2) is 0 Å². The molecule has 2 aromatic carbocycles. The van der Waals surface area contributed by atoms with Crippen LogP contribution in [0, 0.1) is 0 Å². The van der Waals surface area contributed by atoms with Crippen LogP contribution in [0.1, 0.15) is 23.2 Å². The Bertz CT molecular complexity index is 1010. The van der Waals surface area contributed by atoms with Crippen molar-refractivity contribution in [3.8, 4) is 5.75 Å². The first-order valence-electron chi connectivity index (χ1n) is 10.3. The number of phenolic OH excluding ortho intramolecular Hbond substituents is 1. The van der Waals surface area contributed by atoms with E-state index >= 15 is 0 Å². The van der Waals surface area contributed by atoms with Crippen molar-refractivity contribution in [2.45, 2.75) is 12.8 Å². The number of rotatable bonds is 7. The van der Waals surface area contributed by atoms with E-state index in [1.54, 1.807) is 11.5 Å². The number of anilines is 2. The first kappa shape index (κ1) is 20.4. The number of nitrogens with one attached hydrogen (secondary N) is 1. The number of piperazine rings is 1. The van der Waals surface area contributed by atoms with Crippen LogP contribution in [0.3, 0.4) is 0 Å². The van der Waals surface area contributed by atoms with Crippen LogP contribution in [0.15, 0.2) is 42.5 Å². The molecular formula is C22H27N5O2S. The number of nitrogens with two attached hydrogens (primary N) is 1. The number of aromatic hydroxyl groups is 1. The number of hydrogen-bond donors (Lipinski definition) is 3. The molecule has 30 heavy (non-hydrogen) atoms. The molecule has 0 atom stereocenters. The van der Waals surface area contributed by atoms with Gasteiger partial charge in [-0.2, -0.15) is 4.37 Å². The molecule has 4 N–H and O–H groups in total. The molecule has 1 aromatic heterocycles. The smallest absolute Gasteiger partial charge is 0.253 e. The second-order valence-electron chi connectivity index (χ2n) is 7.57. The molecule has 1 aliphatic rings. The van der Waals surface area contributed by atoms with Gasteiger partial charge in [-0.3, -0.25) is 9.69 Å². The van der Waals surface area contributed by atoms with Gasteiger partial charge >= 0.3 is 0 Å². The Labute approximate surface area is 180 Å². The maximum atomic E-state index is 12.2. The number of nitrogen functional groups attached to an aromatic ring is 1. The summed E-state index contributed by atoms with van der Waals surface area (Å²) in [6.45, 7) is 5.65. The van der Waals surface area contributed by atoms with E-state index in [0.29, 0.717) is 17.8 Å². The minimum absolute atomic E-state index is 0.0409. The Kier molecular flexibility index (Phi) is 6.35. The van der Waals surface area contributed by atoms with E-state index in [4.69, 9.17) is 5.73 Å². The number of phenols is 1. The van der Waals surface area contributed by atoms with Crippen LogP contribution in [0.5, 0.6) is 5.75 Å². The van der Waals surface area contributed by atoms with Gasteiger partial charge in [-0.05, 0) is 61.3 Å².